The number of hydrogen-bond acceptors (Lipinski definition) is 2. The summed E-state index contributed by atoms with van der Waals surface area (Å²) in [6, 6.07) is 27.6. The molecule has 1 heterocycles. The highest BCUT2D eigenvalue weighted by molar-refractivity contribution is 5.82. The van der Waals surface area contributed by atoms with Crippen molar-refractivity contribution in [3.05, 3.63) is 95.3 Å². The maximum absolute atomic E-state index is 12.2. The summed E-state index contributed by atoms with van der Waals surface area (Å²) >= 11 is 0. The van der Waals surface area contributed by atoms with Crippen molar-refractivity contribution in [3.63, 3.8) is 0 Å². The molecule has 0 N–H and O–H groups in total. The summed E-state index contributed by atoms with van der Waals surface area (Å²) in [6.45, 7) is 0. The molecular weight excluding hydrogens is 284 g/mol. The highest BCUT2D eigenvalue weighted by Gasteiger charge is 2.07. The summed E-state index contributed by atoms with van der Waals surface area (Å²) < 4.78 is 5.41. The Labute approximate surface area is 133 Å². The molecule has 0 atom stereocenters. The molecule has 0 unspecified atom stereocenters. The van der Waals surface area contributed by atoms with Crippen LogP contribution in [0.3, 0.4) is 0 Å². The molecule has 110 valence electrons. The van der Waals surface area contributed by atoms with Crippen molar-refractivity contribution in [2.45, 2.75) is 0 Å². The molecule has 4 rings (SSSR count). The second kappa shape index (κ2) is 5.58. The second-order valence-electron chi connectivity index (χ2n) is 5.43. The zero-order valence-electron chi connectivity index (χ0n) is 12.4. The molecule has 2 nitrogen and oxygen atoms in total. The fraction of sp³-hybridized carbons (Fsp3) is 0. The summed E-state index contributed by atoms with van der Waals surface area (Å²) in [7, 11) is 0. The summed E-state index contributed by atoms with van der Waals surface area (Å²) in [5.41, 5.74) is 4.04. The van der Waals surface area contributed by atoms with Gasteiger partial charge >= 0.3 is 5.63 Å². The Kier molecular flexibility index (Phi) is 3.28. The van der Waals surface area contributed by atoms with Gasteiger partial charge in [-0.15, -0.1) is 0 Å². The van der Waals surface area contributed by atoms with Crippen molar-refractivity contribution in [1.29, 1.82) is 0 Å². The SMILES string of the molecule is O=c1oc2ccccc2cc1-c1ccc(-c2ccccc2)cc1. The lowest BCUT2D eigenvalue weighted by molar-refractivity contribution is 0.563. The third-order valence-corrected chi connectivity index (χ3v) is 3.94. The van der Waals surface area contributed by atoms with E-state index in [4.69, 9.17) is 4.42 Å². The molecule has 2 heteroatoms. The molecular formula is C21H14O2. The van der Waals surface area contributed by atoms with Gasteiger partial charge in [-0.25, -0.2) is 4.79 Å². The Bertz CT molecular complexity index is 1010. The topological polar surface area (TPSA) is 30.2 Å². The van der Waals surface area contributed by atoms with Crippen LogP contribution in [0.25, 0.3) is 33.2 Å². The van der Waals surface area contributed by atoms with Crippen LogP contribution in [0, 0.1) is 0 Å². The van der Waals surface area contributed by atoms with E-state index in [2.05, 4.69) is 12.1 Å². The quantitative estimate of drug-likeness (QED) is 0.480. The van der Waals surface area contributed by atoms with Crippen LogP contribution < -0.4 is 5.63 Å². The molecule has 0 bridgehead atoms. The van der Waals surface area contributed by atoms with E-state index in [9.17, 15) is 4.79 Å². The molecule has 0 radical (unpaired) electrons. The molecule has 1 aromatic heterocycles. The number of benzene rings is 3. The van der Waals surface area contributed by atoms with Crippen LogP contribution in [0.2, 0.25) is 0 Å². The molecule has 23 heavy (non-hydrogen) atoms. The van der Waals surface area contributed by atoms with Gasteiger partial charge in [-0.1, -0.05) is 72.8 Å². The lowest BCUT2D eigenvalue weighted by Gasteiger charge is -2.05. The molecule has 0 spiro atoms. The van der Waals surface area contributed by atoms with E-state index >= 15 is 0 Å². The first-order valence-corrected chi connectivity index (χ1v) is 7.50. The van der Waals surface area contributed by atoms with Crippen molar-refractivity contribution < 1.29 is 4.42 Å². The van der Waals surface area contributed by atoms with Gasteiger partial charge < -0.3 is 4.42 Å². The number of fused-ring (bicyclic) bond motifs is 1. The molecule has 0 amide bonds. The van der Waals surface area contributed by atoms with E-state index in [1.807, 2.05) is 66.7 Å². The van der Waals surface area contributed by atoms with Crippen LogP contribution in [-0.2, 0) is 0 Å². The Morgan fingerprint density at radius 3 is 2.00 bits per heavy atom. The maximum atomic E-state index is 12.2. The number of para-hydroxylation sites is 1. The molecule has 0 saturated carbocycles. The third-order valence-electron chi connectivity index (χ3n) is 3.94. The lowest BCUT2D eigenvalue weighted by atomic mass is 10.0. The predicted molar refractivity (Wildman–Crippen MR) is 93.4 cm³/mol. The minimum atomic E-state index is -0.309. The van der Waals surface area contributed by atoms with Crippen molar-refractivity contribution in [1.82, 2.24) is 0 Å². The highest BCUT2D eigenvalue weighted by atomic mass is 16.4. The minimum absolute atomic E-state index is 0.309. The summed E-state index contributed by atoms with van der Waals surface area (Å²) in [6.07, 6.45) is 0. The van der Waals surface area contributed by atoms with Crippen molar-refractivity contribution in [2.75, 3.05) is 0 Å². The van der Waals surface area contributed by atoms with E-state index in [1.165, 1.54) is 0 Å². The average molecular weight is 298 g/mol. The number of hydrogen-bond donors (Lipinski definition) is 0. The van der Waals surface area contributed by atoms with Gasteiger partial charge in [0.05, 0.1) is 5.56 Å². The zero-order chi connectivity index (χ0) is 15.6. The van der Waals surface area contributed by atoms with Gasteiger partial charge in [-0.2, -0.15) is 0 Å². The Morgan fingerprint density at radius 1 is 0.609 bits per heavy atom. The fourth-order valence-corrected chi connectivity index (χ4v) is 2.74. The molecule has 0 aliphatic heterocycles. The summed E-state index contributed by atoms with van der Waals surface area (Å²) in [5, 5.41) is 0.925. The van der Waals surface area contributed by atoms with E-state index in [1.54, 1.807) is 6.07 Å². The van der Waals surface area contributed by atoms with E-state index in [-0.39, 0.29) is 5.63 Å². The van der Waals surface area contributed by atoms with Crippen LogP contribution in [0.5, 0.6) is 0 Å². The Morgan fingerprint density at radius 2 is 1.22 bits per heavy atom. The fourth-order valence-electron chi connectivity index (χ4n) is 2.74. The first-order chi connectivity index (χ1) is 11.3. The lowest BCUT2D eigenvalue weighted by Crippen LogP contribution is -2.02. The van der Waals surface area contributed by atoms with Crippen LogP contribution in [0.15, 0.2) is 94.1 Å². The normalized spacial score (nSPS) is 10.8. The van der Waals surface area contributed by atoms with Gasteiger partial charge in [0.15, 0.2) is 0 Å². The molecule has 0 aliphatic carbocycles. The van der Waals surface area contributed by atoms with Gasteiger partial charge in [0, 0.05) is 5.39 Å². The van der Waals surface area contributed by atoms with Gasteiger partial charge in [-0.3, -0.25) is 0 Å². The van der Waals surface area contributed by atoms with Crippen molar-refractivity contribution >= 4 is 11.0 Å². The molecule has 0 fully saturated rings. The molecule has 3 aromatic carbocycles. The van der Waals surface area contributed by atoms with Crippen molar-refractivity contribution in [3.8, 4) is 22.3 Å². The number of rotatable bonds is 2. The van der Waals surface area contributed by atoms with Gasteiger partial charge in [0.25, 0.3) is 0 Å². The van der Waals surface area contributed by atoms with Crippen LogP contribution in [0.1, 0.15) is 0 Å². The van der Waals surface area contributed by atoms with Gasteiger partial charge in [0.1, 0.15) is 5.58 Å². The summed E-state index contributed by atoms with van der Waals surface area (Å²) in [5.74, 6) is 0. The largest absolute Gasteiger partial charge is 0.422 e. The molecule has 0 aliphatic rings. The summed E-state index contributed by atoms with van der Waals surface area (Å²) in [4.78, 5) is 12.2. The van der Waals surface area contributed by atoms with Crippen molar-refractivity contribution in [2.24, 2.45) is 0 Å². The first-order valence-electron chi connectivity index (χ1n) is 7.50. The zero-order valence-corrected chi connectivity index (χ0v) is 12.4. The molecule has 0 saturated heterocycles. The van der Waals surface area contributed by atoms with Gasteiger partial charge in [-0.05, 0) is 28.8 Å². The van der Waals surface area contributed by atoms with E-state index in [0.29, 0.717) is 11.1 Å². The highest BCUT2D eigenvalue weighted by Crippen LogP contribution is 2.25. The average Bonchev–Trinajstić information content (AvgIpc) is 2.62. The van der Waals surface area contributed by atoms with E-state index in [0.717, 1.165) is 22.1 Å². The predicted octanol–water partition coefficient (Wildman–Crippen LogP) is 5.13. The second-order valence-corrected chi connectivity index (χ2v) is 5.43. The Balaban J connectivity index is 1.79. The van der Waals surface area contributed by atoms with Gasteiger partial charge in [0.2, 0.25) is 0 Å². The molecule has 4 aromatic rings. The minimum Gasteiger partial charge on any atom is -0.422 e. The van der Waals surface area contributed by atoms with E-state index < -0.39 is 0 Å². The van der Waals surface area contributed by atoms with Crippen LogP contribution in [0.4, 0.5) is 0 Å². The Hall–Kier alpha value is -3.13. The maximum Gasteiger partial charge on any atom is 0.344 e. The first kappa shape index (κ1) is 13.5. The van der Waals surface area contributed by atoms with Crippen LogP contribution >= 0.6 is 0 Å². The smallest absolute Gasteiger partial charge is 0.344 e. The monoisotopic (exact) mass is 298 g/mol. The third kappa shape index (κ3) is 2.55. The standard InChI is InChI=1S/C21H14O2/c22-21-19(14-18-8-4-5-9-20(18)23-21)17-12-10-16(11-13-17)15-6-2-1-3-7-15/h1-14H. The van der Waals surface area contributed by atoms with Crippen LogP contribution in [-0.4, -0.2) is 0 Å².